The van der Waals surface area contributed by atoms with Crippen molar-refractivity contribution in [1.29, 1.82) is 0 Å². The molecule has 0 fully saturated rings. The average molecular weight is 576 g/mol. The Labute approximate surface area is 207 Å². The topological polar surface area (TPSA) is 82.8 Å². The number of oxazole rings is 1. The molecule has 7 nitrogen and oxygen atoms in total. The van der Waals surface area contributed by atoms with E-state index in [1.165, 1.54) is 0 Å². The number of halogens is 2. The Morgan fingerprint density at radius 2 is 1.82 bits per heavy atom. The molecule has 9 heteroatoms. The van der Waals surface area contributed by atoms with Crippen LogP contribution >= 0.6 is 31.9 Å². The lowest BCUT2D eigenvalue weighted by molar-refractivity contribution is -0.118. The van der Waals surface area contributed by atoms with E-state index < -0.39 is 0 Å². The molecule has 0 aliphatic heterocycles. The molecular formula is C24H20Br2N2O5. The summed E-state index contributed by atoms with van der Waals surface area (Å²) in [4.78, 5) is 17.0. The standard InChI is InChI=1S/C24H20Br2N2O5/c1-13-8-15(25)10-17(26)23(13)32-12-22(29)27-16-5-7-19-18(11-16)28-24(33-19)14-4-6-20(30-2)21(9-14)31-3/h4-11H,12H2,1-3H3,(H,27,29). The zero-order valence-electron chi connectivity index (χ0n) is 18.1. The van der Waals surface area contributed by atoms with Crippen molar-refractivity contribution < 1.29 is 23.4 Å². The number of hydrogen-bond donors (Lipinski definition) is 1. The highest BCUT2D eigenvalue weighted by Gasteiger charge is 2.14. The van der Waals surface area contributed by atoms with Crippen LogP contribution in [0.3, 0.4) is 0 Å². The first-order valence-corrected chi connectivity index (χ1v) is 11.5. The average Bonchev–Trinajstić information content (AvgIpc) is 3.21. The molecule has 1 aromatic heterocycles. The van der Waals surface area contributed by atoms with Gasteiger partial charge < -0.3 is 23.9 Å². The van der Waals surface area contributed by atoms with Crippen molar-refractivity contribution in [3.63, 3.8) is 0 Å². The van der Waals surface area contributed by atoms with Crippen LogP contribution in [0.1, 0.15) is 5.56 Å². The van der Waals surface area contributed by atoms with E-state index in [-0.39, 0.29) is 12.5 Å². The van der Waals surface area contributed by atoms with Gasteiger partial charge in [-0.25, -0.2) is 4.98 Å². The number of amides is 1. The second-order valence-electron chi connectivity index (χ2n) is 7.14. The zero-order valence-corrected chi connectivity index (χ0v) is 21.2. The molecule has 0 aliphatic carbocycles. The third-order valence-corrected chi connectivity index (χ3v) is 5.89. The molecule has 0 atom stereocenters. The van der Waals surface area contributed by atoms with Crippen LogP contribution in [0.25, 0.3) is 22.6 Å². The highest BCUT2D eigenvalue weighted by Crippen LogP contribution is 2.34. The molecule has 0 saturated carbocycles. The van der Waals surface area contributed by atoms with Gasteiger partial charge in [-0.15, -0.1) is 0 Å². The minimum atomic E-state index is -0.285. The fraction of sp³-hybridized carbons (Fsp3) is 0.167. The van der Waals surface area contributed by atoms with Gasteiger partial charge in [0.1, 0.15) is 11.3 Å². The van der Waals surface area contributed by atoms with Crippen LogP contribution in [0.4, 0.5) is 5.69 Å². The Bertz CT molecular complexity index is 1310. The van der Waals surface area contributed by atoms with Crippen molar-refractivity contribution in [3.05, 3.63) is 63.0 Å². The molecule has 0 bridgehead atoms. The molecule has 4 rings (SSSR count). The van der Waals surface area contributed by atoms with Gasteiger partial charge in [-0.2, -0.15) is 0 Å². The molecule has 33 heavy (non-hydrogen) atoms. The normalized spacial score (nSPS) is 10.8. The van der Waals surface area contributed by atoms with Crippen molar-refractivity contribution in [2.75, 3.05) is 26.1 Å². The lowest BCUT2D eigenvalue weighted by Crippen LogP contribution is -2.20. The zero-order chi connectivity index (χ0) is 23.5. The third-order valence-electron chi connectivity index (χ3n) is 4.84. The Kier molecular flexibility index (Phi) is 6.90. The lowest BCUT2D eigenvalue weighted by Gasteiger charge is -2.12. The number of benzene rings is 3. The highest BCUT2D eigenvalue weighted by molar-refractivity contribution is 9.11. The van der Waals surface area contributed by atoms with Crippen LogP contribution in [0.2, 0.25) is 0 Å². The van der Waals surface area contributed by atoms with Gasteiger partial charge >= 0.3 is 0 Å². The van der Waals surface area contributed by atoms with Crippen molar-refractivity contribution in [1.82, 2.24) is 4.98 Å². The first kappa shape index (κ1) is 23.1. The van der Waals surface area contributed by atoms with E-state index in [1.54, 1.807) is 44.6 Å². The predicted molar refractivity (Wildman–Crippen MR) is 133 cm³/mol. The van der Waals surface area contributed by atoms with Crippen LogP contribution in [-0.4, -0.2) is 31.7 Å². The lowest BCUT2D eigenvalue weighted by atomic mass is 10.2. The molecule has 1 amide bonds. The fourth-order valence-corrected chi connectivity index (χ4v) is 4.86. The summed E-state index contributed by atoms with van der Waals surface area (Å²) in [6, 6.07) is 14.5. The van der Waals surface area contributed by atoms with Gasteiger partial charge in [0.05, 0.1) is 18.7 Å². The summed E-state index contributed by atoms with van der Waals surface area (Å²) in [5.74, 6) is 1.98. The van der Waals surface area contributed by atoms with Gasteiger partial charge in [-0.3, -0.25) is 4.79 Å². The molecule has 0 saturated heterocycles. The first-order chi connectivity index (χ1) is 15.9. The van der Waals surface area contributed by atoms with E-state index in [0.29, 0.717) is 39.9 Å². The Morgan fingerprint density at radius 1 is 1.03 bits per heavy atom. The number of nitrogens with zero attached hydrogens (tertiary/aromatic N) is 1. The molecule has 1 N–H and O–H groups in total. The summed E-state index contributed by atoms with van der Waals surface area (Å²) < 4.78 is 23.9. The molecule has 0 unspecified atom stereocenters. The molecule has 170 valence electrons. The van der Waals surface area contributed by atoms with Crippen LogP contribution in [-0.2, 0) is 4.79 Å². The number of anilines is 1. The SMILES string of the molecule is COc1ccc(-c2nc3cc(NC(=O)COc4c(C)cc(Br)cc4Br)ccc3o2)cc1OC. The van der Waals surface area contributed by atoms with Crippen molar-refractivity contribution in [2.45, 2.75) is 6.92 Å². The number of methoxy groups -OCH3 is 2. The second kappa shape index (κ2) is 9.84. The summed E-state index contributed by atoms with van der Waals surface area (Å²) in [5, 5.41) is 2.83. The number of fused-ring (bicyclic) bond motifs is 1. The monoisotopic (exact) mass is 574 g/mol. The number of rotatable bonds is 7. The smallest absolute Gasteiger partial charge is 0.262 e. The van der Waals surface area contributed by atoms with Crippen molar-refractivity contribution in [2.24, 2.45) is 0 Å². The maximum absolute atomic E-state index is 12.4. The van der Waals surface area contributed by atoms with E-state index in [4.69, 9.17) is 18.6 Å². The highest BCUT2D eigenvalue weighted by atomic mass is 79.9. The summed E-state index contributed by atoms with van der Waals surface area (Å²) in [5.41, 5.74) is 3.47. The number of hydrogen-bond acceptors (Lipinski definition) is 6. The molecule has 4 aromatic rings. The third kappa shape index (κ3) is 5.15. The van der Waals surface area contributed by atoms with E-state index in [9.17, 15) is 4.79 Å². The van der Waals surface area contributed by atoms with Crippen molar-refractivity contribution >= 4 is 54.6 Å². The molecule has 3 aromatic carbocycles. The first-order valence-electron chi connectivity index (χ1n) is 9.89. The quantitative estimate of drug-likeness (QED) is 0.276. The Morgan fingerprint density at radius 3 is 2.55 bits per heavy atom. The van der Waals surface area contributed by atoms with Crippen LogP contribution in [0.5, 0.6) is 17.2 Å². The number of nitrogens with one attached hydrogen (secondary N) is 1. The van der Waals surface area contributed by atoms with Crippen molar-refractivity contribution in [3.8, 4) is 28.7 Å². The van der Waals surface area contributed by atoms with Crippen LogP contribution in [0, 0.1) is 6.92 Å². The minimum absolute atomic E-state index is 0.130. The fourth-order valence-electron chi connectivity index (χ4n) is 3.30. The number of aryl methyl sites for hydroxylation is 1. The van der Waals surface area contributed by atoms with Crippen LogP contribution < -0.4 is 19.5 Å². The molecular weight excluding hydrogens is 556 g/mol. The molecule has 0 aliphatic rings. The Balaban J connectivity index is 1.48. The summed E-state index contributed by atoms with van der Waals surface area (Å²) >= 11 is 6.89. The van der Waals surface area contributed by atoms with E-state index in [1.807, 2.05) is 25.1 Å². The molecule has 0 spiro atoms. The Hall–Kier alpha value is -3.04. The number of carbonyl (C=O) groups excluding carboxylic acids is 1. The van der Waals surface area contributed by atoms with Gasteiger partial charge in [-0.05, 0) is 76.9 Å². The van der Waals surface area contributed by atoms with Gasteiger partial charge in [-0.1, -0.05) is 15.9 Å². The van der Waals surface area contributed by atoms with Gasteiger partial charge in [0.15, 0.2) is 23.7 Å². The van der Waals surface area contributed by atoms with E-state index in [2.05, 4.69) is 42.2 Å². The maximum Gasteiger partial charge on any atom is 0.262 e. The summed E-state index contributed by atoms with van der Waals surface area (Å²) in [7, 11) is 3.15. The number of carbonyl (C=O) groups is 1. The minimum Gasteiger partial charge on any atom is -0.493 e. The second-order valence-corrected chi connectivity index (χ2v) is 8.91. The number of ether oxygens (including phenoxy) is 3. The van der Waals surface area contributed by atoms with Crippen LogP contribution in [0.15, 0.2) is 61.9 Å². The van der Waals surface area contributed by atoms with E-state index >= 15 is 0 Å². The van der Waals surface area contributed by atoms with E-state index in [0.717, 1.165) is 20.1 Å². The largest absolute Gasteiger partial charge is 0.493 e. The number of aromatic nitrogens is 1. The summed E-state index contributed by atoms with van der Waals surface area (Å²) in [6.45, 7) is 1.78. The summed E-state index contributed by atoms with van der Waals surface area (Å²) in [6.07, 6.45) is 0. The molecule has 0 radical (unpaired) electrons. The predicted octanol–water partition coefficient (Wildman–Crippen LogP) is 6.36. The van der Waals surface area contributed by atoms with Gasteiger partial charge in [0, 0.05) is 15.7 Å². The van der Waals surface area contributed by atoms with Gasteiger partial charge in [0.2, 0.25) is 5.89 Å². The molecule has 1 heterocycles. The maximum atomic E-state index is 12.4. The van der Waals surface area contributed by atoms with Gasteiger partial charge in [0.25, 0.3) is 5.91 Å².